The third kappa shape index (κ3) is 6.15. The van der Waals surface area contributed by atoms with E-state index in [0.29, 0.717) is 30.5 Å². The molecule has 2 aromatic carbocycles. The third-order valence-corrected chi connectivity index (χ3v) is 7.74. The molecule has 2 N–H and O–H groups in total. The lowest BCUT2D eigenvalue weighted by atomic mass is 10.1. The van der Waals surface area contributed by atoms with Gasteiger partial charge in [-0.2, -0.15) is 9.29 Å². The van der Waals surface area contributed by atoms with Gasteiger partial charge < -0.3 is 20.1 Å². The fourth-order valence-electron chi connectivity index (χ4n) is 3.73. The molecule has 0 atom stereocenters. The number of nitrogens with zero attached hydrogens (tertiary/aromatic N) is 4. The maximum Gasteiger partial charge on any atom is 0.347 e. The standard InChI is InChI=1S/C25H28FN5O5S/c1-17-16-22(28-19-6-4-18(26)5-7-19)29-24(27-17)30-12-14-31(15-13-30)37(34,35)21-10-8-20(9-11-21)36-25(2,3)23(32)33/h4-11,16H,12-15H2,1-3H3,(H,32,33)(H,27,28,29). The van der Waals surface area contributed by atoms with Crippen LogP contribution in [-0.2, 0) is 14.8 Å². The number of carboxylic acid groups (broad SMARTS) is 1. The minimum absolute atomic E-state index is 0.0963. The molecule has 0 saturated carbocycles. The van der Waals surface area contributed by atoms with E-state index in [4.69, 9.17) is 4.74 Å². The van der Waals surface area contributed by atoms with Crippen molar-refractivity contribution in [2.45, 2.75) is 31.3 Å². The van der Waals surface area contributed by atoms with Crippen molar-refractivity contribution >= 4 is 33.4 Å². The summed E-state index contributed by atoms with van der Waals surface area (Å²) in [5.41, 5.74) is -0.0226. The van der Waals surface area contributed by atoms with Gasteiger partial charge in [0.25, 0.3) is 0 Å². The van der Waals surface area contributed by atoms with E-state index in [0.717, 1.165) is 5.69 Å². The number of sulfonamides is 1. The highest BCUT2D eigenvalue weighted by atomic mass is 32.2. The molecule has 12 heteroatoms. The molecule has 2 heterocycles. The maximum atomic E-state index is 13.2. The minimum Gasteiger partial charge on any atom is -0.478 e. The van der Waals surface area contributed by atoms with Crippen LogP contribution in [0.1, 0.15) is 19.5 Å². The van der Waals surface area contributed by atoms with E-state index in [1.54, 1.807) is 18.2 Å². The second-order valence-electron chi connectivity index (χ2n) is 9.11. The molecule has 0 aliphatic carbocycles. The molecule has 1 fully saturated rings. The van der Waals surface area contributed by atoms with Crippen LogP contribution in [0.25, 0.3) is 0 Å². The smallest absolute Gasteiger partial charge is 0.347 e. The number of halogens is 1. The van der Waals surface area contributed by atoms with Gasteiger partial charge in [0, 0.05) is 43.6 Å². The second kappa shape index (κ2) is 10.3. The molecular formula is C25H28FN5O5S. The van der Waals surface area contributed by atoms with Gasteiger partial charge in [-0.15, -0.1) is 0 Å². The van der Waals surface area contributed by atoms with Crippen molar-refractivity contribution in [1.82, 2.24) is 14.3 Å². The molecule has 1 saturated heterocycles. The predicted molar refractivity (Wildman–Crippen MR) is 136 cm³/mol. The molecule has 1 aromatic heterocycles. The summed E-state index contributed by atoms with van der Waals surface area (Å²) in [6.45, 7) is 5.94. The van der Waals surface area contributed by atoms with Gasteiger partial charge in [0.2, 0.25) is 16.0 Å². The molecule has 0 bridgehead atoms. The van der Waals surface area contributed by atoms with Crippen molar-refractivity contribution in [3.63, 3.8) is 0 Å². The summed E-state index contributed by atoms with van der Waals surface area (Å²) in [6.07, 6.45) is 0. The largest absolute Gasteiger partial charge is 0.478 e. The third-order valence-electron chi connectivity index (χ3n) is 5.83. The normalized spacial score (nSPS) is 14.9. The monoisotopic (exact) mass is 529 g/mol. The topological polar surface area (TPSA) is 125 Å². The number of benzene rings is 2. The van der Waals surface area contributed by atoms with E-state index in [1.165, 1.54) is 54.6 Å². The summed E-state index contributed by atoms with van der Waals surface area (Å²) >= 11 is 0. The highest BCUT2D eigenvalue weighted by Crippen LogP contribution is 2.25. The summed E-state index contributed by atoms with van der Waals surface area (Å²) in [5, 5.41) is 12.3. The van der Waals surface area contributed by atoms with Crippen LogP contribution in [0.5, 0.6) is 5.75 Å². The first-order chi connectivity index (χ1) is 17.4. The molecule has 196 valence electrons. The number of ether oxygens (including phenoxy) is 1. The van der Waals surface area contributed by atoms with Crippen molar-refractivity contribution in [1.29, 1.82) is 0 Å². The van der Waals surface area contributed by atoms with Gasteiger partial charge in [0.05, 0.1) is 4.90 Å². The number of hydrogen-bond donors (Lipinski definition) is 2. The zero-order chi connectivity index (χ0) is 26.8. The van der Waals surface area contributed by atoms with Crippen LogP contribution in [0.4, 0.5) is 21.8 Å². The van der Waals surface area contributed by atoms with Gasteiger partial charge in [0.15, 0.2) is 5.60 Å². The predicted octanol–water partition coefficient (Wildman–Crippen LogP) is 3.42. The zero-order valence-corrected chi connectivity index (χ0v) is 21.5. The molecule has 0 unspecified atom stereocenters. The Balaban J connectivity index is 1.42. The van der Waals surface area contributed by atoms with E-state index in [2.05, 4.69) is 15.3 Å². The fraction of sp³-hybridized carbons (Fsp3) is 0.320. The lowest BCUT2D eigenvalue weighted by molar-refractivity contribution is -0.152. The average Bonchev–Trinajstić information content (AvgIpc) is 2.85. The Morgan fingerprint density at radius 2 is 1.65 bits per heavy atom. The molecule has 3 aromatic rings. The van der Waals surface area contributed by atoms with Crippen LogP contribution in [0.3, 0.4) is 0 Å². The number of aliphatic carboxylic acids is 1. The van der Waals surface area contributed by atoms with Gasteiger partial charge in [0.1, 0.15) is 17.4 Å². The van der Waals surface area contributed by atoms with E-state index in [-0.39, 0.29) is 29.6 Å². The van der Waals surface area contributed by atoms with Gasteiger partial charge >= 0.3 is 5.97 Å². The number of aromatic nitrogens is 2. The van der Waals surface area contributed by atoms with Crippen molar-refractivity contribution in [3.05, 3.63) is 66.1 Å². The molecule has 0 spiro atoms. The van der Waals surface area contributed by atoms with Crippen LogP contribution in [-0.4, -0.2) is 65.5 Å². The van der Waals surface area contributed by atoms with E-state index >= 15 is 0 Å². The molecule has 37 heavy (non-hydrogen) atoms. The molecule has 4 rings (SSSR count). The Kier molecular flexibility index (Phi) is 7.32. The first kappa shape index (κ1) is 26.3. The van der Waals surface area contributed by atoms with Crippen LogP contribution < -0.4 is 15.0 Å². The summed E-state index contributed by atoms with van der Waals surface area (Å²) in [4.78, 5) is 22.3. The summed E-state index contributed by atoms with van der Waals surface area (Å²) in [5.74, 6) is -0.165. The van der Waals surface area contributed by atoms with Crippen molar-refractivity contribution in [3.8, 4) is 5.75 Å². The van der Waals surface area contributed by atoms with Crippen molar-refractivity contribution < 1.29 is 27.4 Å². The average molecular weight is 530 g/mol. The molecule has 0 amide bonds. The quantitative estimate of drug-likeness (QED) is 0.452. The first-order valence-corrected chi connectivity index (χ1v) is 13.0. The summed E-state index contributed by atoms with van der Waals surface area (Å²) in [6, 6.07) is 13.4. The fourth-order valence-corrected chi connectivity index (χ4v) is 5.16. The number of nitrogens with one attached hydrogen (secondary N) is 1. The number of piperazine rings is 1. The Labute approximate surface area is 214 Å². The van der Waals surface area contributed by atoms with Crippen LogP contribution >= 0.6 is 0 Å². The molecular weight excluding hydrogens is 501 g/mol. The second-order valence-corrected chi connectivity index (χ2v) is 11.0. The van der Waals surface area contributed by atoms with Crippen molar-refractivity contribution in [2.24, 2.45) is 0 Å². The number of aryl methyl sites for hydroxylation is 1. The number of anilines is 3. The minimum atomic E-state index is -3.75. The SMILES string of the molecule is Cc1cc(Nc2ccc(F)cc2)nc(N2CCN(S(=O)(=O)c3ccc(OC(C)(C)C(=O)O)cc3)CC2)n1. The van der Waals surface area contributed by atoms with E-state index in [1.807, 2.05) is 11.8 Å². The van der Waals surface area contributed by atoms with Gasteiger partial charge in [-0.05, 0) is 69.3 Å². The van der Waals surface area contributed by atoms with Gasteiger partial charge in [-0.1, -0.05) is 0 Å². The highest BCUT2D eigenvalue weighted by Gasteiger charge is 2.31. The number of carboxylic acids is 1. The lowest BCUT2D eigenvalue weighted by Crippen LogP contribution is -2.49. The maximum absolute atomic E-state index is 13.2. The summed E-state index contributed by atoms with van der Waals surface area (Å²) < 4.78 is 46.4. The van der Waals surface area contributed by atoms with Gasteiger partial charge in [-0.25, -0.2) is 22.6 Å². The van der Waals surface area contributed by atoms with Crippen LogP contribution in [0.15, 0.2) is 59.5 Å². The molecule has 1 aliphatic heterocycles. The highest BCUT2D eigenvalue weighted by molar-refractivity contribution is 7.89. The summed E-state index contributed by atoms with van der Waals surface area (Å²) in [7, 11) is -3.75. The van der Waals surface area contributed by atoms with Crippen LogP contribution in [0.2, 0.25) is 0 Å². The van der Waals surface area contributed by atoms with E-state index < -0.39 is 21.6 Å². The zero-order valence-electron chi connectivity index (χ0n) is 20.7. The Morgan fingerprint density at radius 1 is 1.03 bits per heavy atom. The molecule has 0 radical (unpaired) electrons. The first-order valence-electron chi connectivity index (χ1n) is 11.6. The number of carbonyl (C=O) groups is 1. The molecule has 1 aliphatic rings. The van der Waals surface area contributed by atoms with Crippen molar-refractivity contribution in [2.75, 3.05) is 36.4 Å². The lowest BCUT2D eigenvalue weighted by Gasteiger charge is -2.34. The Hall–Kier alpha value is -3.77. The van der Waals surface area contributed by atoms with E-state index in [9.17, 15) is 22.7 Å². The Bertz CT molecular complexity index is 1370. The number of hydrogen-bond acceptors (Lipinski definition) is 8. The molecule has 10 nitrogen and oxygen atoms in total. The van der Waals surface area contributed by atoms with Crippen LogP contribution in [0, 0.1) is 12.7 Å². The number of rotatable bonds is 8. The van der Waals surface area contributed by atoms with Gasteiger partial charge in [-0.3, -0.25) is 0 Å². The Morgan fingerprint density at radius 3 is 2.24 bits per heavy atom.